The summed E-state index contributed by atoms with van der Waals surface area (Å²) in [4.78, 5) is 36.2. The summed E-state index contributed by atoms with van der Waals surface area (Å²) in [6.45, 7) is 5.53. The second-order valence-electron chi connectivity index (χ2n) is 17.3. The third-order valence-electron chi connectivity index (χ3n) is 13.2. The number of hydrogen-bond donors (Lipinski definition) is 2. The van der Waals surface area contributed by atoms with Crippen LogP contribution in [0.3, 0.4) is 0 Å². The van der Waals surface area contributed by atoms with E-state index in [1.807, 2.05) is 24.3 Å². The van der Waals surface area contributed by atoms with Gasteiger partial charge in [0, 0.05) is 24.8 Å². The molecule has 2 saturated heterocycles. The number of amides is 1. The van der Waals surface area contributed by atoms with Crippen LogP contribution in [0.4, 0.5) is 39.8 Å². The standard InChI is InChI=1S/C49H49ClF4N8O6/c1-28-24-35(60(25-30-9-13-32(65-3)14-10-30)26-31-11-15-33(66-4)16-12-31)56-41(38(28)49(52,53)54)36-39(50)43-37-42(40(36)51)57-46(68-27-48-17-6-20-61(48)21-7-18-48)59-45(37)62(22-23-67-43)29(2)34-8-5-19-55-44(34)58-47(63)64/h5,8-16,19,24,29H,6-7,17-18,20-23,25-27H2,1-4H3,(H,55,58)(H,63,64)/t29-/m1/s1. The molecule has 0 spiro atoms. The number of nitrogens with one attached hydrogen (secondary N) is 1. The van der Waals surface area contributed by atoms with Crippen LogP contribution in [0.1, 0.15) is 66.5 Å². The summed E-state index contributed by atoms with van der Waals surface area (Å²) in [5.41, 5.74) is -1.42. The highest BCUT2D eigenvalue weighted by Gasteiger charge is 2.46. The van der Waals surface area contributed by atoms with Gasteiger partial charge in [-0.25, -0.2) is 19.2 Å². The van der Waals surface area contributed by atoms with Gasteiger partial charge in [-0.15, -0.1) is 0 Å². The molecule has 14 nitrogen and oxygen atoms in total. The number of methoxy groups -OCH3 is 2. The summed E-state index contributed by atoms with van der Waals surface area (Å²) in [5, 5.41) is 11.5. The number of benzene rings is 3. The fourth-order valence-electron chi connectivity index (χ4n) is 9.84. The van der Waals surface area contributed by atoms with Crippen LogP contribution in [-0.2, 0) is 19.3 Å². The molecular formula is C49H49ClF4N8O6. The van der Waals surface area contributed by atoms with E-state index in [2.05, 4.69) is 25.2 Å². The monoisotopic (exact) mass is 956 g/mol. The van der Waals surface area contributed by atoms with E-state index in [0.717, 1.165) is 49.9 Å². The van der Waals surface area contributed by atoms with E-state index < -0.39 is 51.5 Å². The second-order valence-corrected chi connectivity index (χ2v) is 17.6. The number of rotatable bonds is 14. The number of nitrogens with zero attached hydrogens (tertiary/aromatic N) is 7. The van der Waals surface area contributed by atoms with Gasteiger partial charge in [-0.2, -0.15) is 23.1 Å². The van der Waals surface area contributed by atoms with Crippen LogP contribution in [0, 0.1) is 12.7 Å². The molecule has 1 atom stereocenters. The van der Waals surface area contributed by atoms with Crippen molar-refractivity contribution in [3.63, 3.8) is 0 Å². The second kappa shape index (κ2) is 18.8. The first-order valence-corrected chi connectivity index (χ1v) is 22.6. The van der Waals surface area contributed by atoms with Crippen molar-refractivity contribution in [2.45, 2.75) is 70.4 Å². The highest BCUT2D eigenvalue weighted by Crippen LogP contribution is 2.51. The summed E-state index contributed by atoms with van der Waals surface area (Å²) in [6.07, 6.45) is -1.16. The van der Waals surface area contributed by atoms with E-state index in [0.29, 0.717) is 17.1 Å². The fourth-order valence-corrected chi connectivity index (χ4v) is 10.2. The van der Waals surface area contributed by atoms with E-state index in [9.17, 15) is 9.90 Å². The molecule has 3 aromatic heterocycles. The quantitative estimate of drug-likeness (QED) is 0.0999. The maximum atomic E-state index is 18.1. The van der Waals surface area contributed by atoms with E-state index in [-0.39, 0.29) is 78.6 Å². The van der Waals surface area contributed by atoms with Crippen molar-refractivity contribution in [1.82, 2.24) is 24.8 Å². The first kappa shape index (κ1) is 46.5. The molecule has 3 aromatic carbocycles. The third-order valence-corrected chi connectivity index (χ3v) is 13.5. The lowest BCUT2D eigenvalue weighted by molar-refractivity contribution is -0.137. The number of aryl methyl sites for hydroxylation is 1. The van der Waals surface area contributed by atoms with Crippen LogP contribution in [0.2, 0.25) is 5.02 Å². The first-order chi connectivity index (χ1) is 32.7. The molecular weight excluding hydrogens is 908 g/mol. The molecule has 6 heterocycles. The Kier molecular flexibility index (Phi) is 12.8. The summed E-state index contributed by atoms with van der Waals surface area (Å²) >= 11 is 7.20. The molecule has 68 heavy (non-hydrogen) atoms. The zero-order chi connectivity index (χ0) is 47.9. The lowest BCUT2D eigenvalue weighted by atomic mass is 9.95. The number of carbonyl (C=O) groups is 1. The molecule has 1 amide bonds. The van der Waals surface area contributed by atoms with E-state index in [1.165, 1.54) is 19.2 Å². The zero-order valence-electron chi connectivity index (χ0n) is 37.8. The highest BCUT2D eigenvalue weighted by molar-refractivity contribution is 6.36. The zero-order valence-corrected chi connectivity index (χ0v) is 38.5. The van der Waals surface area contributed by atoms with E-state index >= 15 is 17.6 Å². The van der Waals surface area contributed by atoms with Crippen LogP contribution >= 0.6 is 11.6 Å². The number of fused-ring (bicyclic) bond motifs is 1. The Morgan fingerprint density at radius 1 is 0.971 bits per heavy atom. The van der Waals surface area contributed by atoms with Crippen molar-refractivity contribution in [3.8, 4) is 34.5 Å². The summed E-state index contributed by atoms with van der Waals surface area (Å²) in [5.74, 6) is 0.210. The Morgan fingerprint density at radius 3 is 2.22 bits per heavy atom. The SMILES string of the molecule is COc1ccc(CN(Cc2ccc(OC)cc2)c2cc(C)c(C(F)(F)F)c(-c3c(Cl)c4c5c(nc(OCC67CCCN6CCC7)nc5c3F)N([C@H](C)c3cccnc3NC(=O)O)CCO4)n2)cc1. The summed E-state index contributed by atoms with van der Waals surface area (Å²) in [7, 11) is 3.10. The first-order valence-electron chi connectivity index (χ1n) is 22.2. The van der Waals surface area contributed by atoms with Gasteiger partial charge in [0.1, 0.15) is 47.7 Å². The van der Waals surface area contributed by atoms with Gasteiger partial charge in [0.15, 0.2) is 11.6 Å². The Morgan fingerprint density at radius 2 is 1.62 bits per heavy atom. The number of aromatic nitrogens is 4. The third kappa shape index (κ3) is 8.94. The van der Waals surface area contributed by atoms with Crippen molar-refractivity contribution >= 4 is 46.1 Å². The Balaban J connectivity index is 1.24. The van der Waals surface area contributed by atoms with Gasteiger partial charge in [0.25, 0.3) is 0 Å². The van der Waals surface area contributed by atoms with Crippen molar-refractivity contribution in [3.05, 3.63) is 112 Å². The highest BCUT2D eigenvalue weighted by atomic mass is 35.5. The minimum Gasteiger partial charge on any atom is -0.497 e. The molecule has 2 N–H and O–H groups in total. The number of alkyl halides is 3. The van der Waals surface area contributed by atoms with Gasteiger partial charge in [0.2, 0.25) is 0 Å². The molecule has 0 saturated carbocycles. The molecule has 3 aliphatic rings. The number of anilines is 3. The Bertz CT molecular complexity index is 2800. The van der Waals surface area contributed by atoms with Gasteiger partial charge in [-0.1, -0.05) is 41.9 Å². The number of ether oxygens (including phenoxy) is 4. The smallest absolute Gasteiger partial charge is 0.418 e. The lowest BCUT2D eigenvalue weighted by Gasteiger charge is -2.32. The average molecular weight is 957 g/mol. The topological polar surface area (TPSA) is 148 Å². The average Bonchev–Trinajstić information content (AvgIpc) is 3.85. The predicted molar refractivity (Wildman–Crippen MR) is 249 cm³/mol. The molecule has 0 aliphatic carbocycles. The maximum absolute atomic E-state index is 18.1. The number of hydrogen-bond acceptors (Lipinski definition) is 12. The van der Waals surface area contributed by atoms with Gasteiger partial charge in [0.05, 0.1) is 59.6 Å². The Labute approximate surface area is 394 Å². The molecule has 2 fully saturated rings. The maximum Gasteiger partial charge on any atom is 0.418 e. The normalized spacial score (nSPS) is 15.9. The summed E-state index contributed by atoms with van der Waals surface area (Å²) in [6, 6.07) is 18.3. The minimum absolute atomic E-state index is 0.00631. The molecule has 3 aliphatic heterocycles. The molecule has 6 aromatic rings. The van der Waals surface area contributed by atoms with Crippen molar-refractivity contribution in [2.75, 3.05) is 62.2 Å². The number of halogens is 5. The van der Waals surface area contributed by atoms with Gasteiger partial charge in [-0.3, -0.25) is 10.2 Å². The van der Waals surface area contributed by atoms with E-state index in [4.69, 9.17) is 35.5 Å². The minimum atomic E-state index is -5.02. The molecule has 0 unspecified atom stereocenters. The molecule has 19 heteroatoms. The number of carboxylic acid groups (broad SMARTS) is 1. The van der Waals surface area contributed by atoms with Crippen LogP contribution in [0.5, 0.6) is 23.3 Å². The van der Waals surface area contributed by atoms with Crippen LogP contribution in [0.15, 0.2) is 72.9 Å². The lowest BCUT2D eigenvalue weighted by Crippen LogP contribution is -2.43. The Hall–Kier alpha value is -6.66. The van der Waals surface area contributed by atoms with Crippen LogP contribution < -0.4 is 34.1 Å². The van der Waals surface area contributed by atoms with E-state index in [1.54, 1.807) is 67.3 Å². The fraction of sp³-hybridized carbons (Fsp3) is 0.367. The van der Waals surface area contributed by atoms with Crippen molar-refractivity contribution < 1.29 is 46.4 Å². The van der Waals surface area contributed by atoms with Gasteiger partial charge in [-0.05, 0) is 106 Å². The number of pyridine rings is 2. The molecule has 9 rings (SSSR count). The predicted octanol–water partition coefficient (Wildman–Crippen LogP) is 10.5. The largest absolute Gasteiger partial charge is 0.497 e. The van der Waals surface area contributed by atoms with Gasteiger partial charge >= 0.3 is 18.3 Å². The molecule has 356 valence electrons. The summed E-state index contributed by atoms with van der Waals surface area (Å²) < 4.78 is 88.1. The van der Waals surface area contributed by atoms with Crippen LogP contribution in [0.25, 0.3) is 22.2 Å². The van der Waals surface area contributed by atoms with Crippen LogP contribution in [-0.4, -0.2) is 88.6 Å². The molecule has 0 bridgehead atoms. The molecule has 0 radical (unpaired) electrons. The van der Waals surface area contributed by atoms with Gasteiger partial charge < -0.3 is 33.9 Å². The van der Waals surface area contributed by atoms with Crippen molar-refractivity contribution in [2.24, 2.45) is 0 Å². The van der Waals surface area contributed by atoms with Crippen molar-refractivity contribution in [1.29, 1.82) is 0 Å².